The number of benzene rings is 1. The van der Waals surface area contributed by atoms with E-state index in [-0.39, 0.29) is 6.04 Å². The fourth-order valence-electron chi connectivity index (χ4n) is 3.48. The number of aliphatic hydroxyl groups is 1. The number of nitrogens with one attached hydrogen (secondary N) is 1. The second-order valence-electron chi connectivity index (χ2n) is 7.98. The van der Waals surface area contributed by atoms with Crippen molar-refractivity contribution in [3.05, 3.63) is 46.9 Å². The molecule has 9 heteroatoms. The van der Waals surface area contributed by atoms with Gasteiger partial charge in [-0.1, -0.05) is 23.7 Å². The van der Waals surface area contributed by atoms with Crippen molar-refractivity contribution in [2.75, 3.05) is 18.0 Å². The average Bonchev–Trinajstić information content (AvgIpc) is 3.14. The maximum Gasteiger partial charge on any atom is 0.232 e. The van der Waals surface area contributed by atoms with Gasteiger partial charge in [0.1, 0.15) is 11.4 Å². The van der Waals surface area contributed by atoms with Crippen molar-refractivity contribution in [2.45, 2.75) is 45.3 Å². The Morgan fingerprint density at radius 2 is 1.83 bits per heavy atom. The maximum absolute atomic E-state index is 10.7. The molecule has 0 unspecified atom stereocenters. The Bertz CT molecular complexity index is 1010. The summed E-state index contributed by atoms with van der Waals surface area (Å²) in [6.07, 6.45) is 1.90. The summed E-state index contributed by atoms with van der Waals surface area (Å²) >= 11 is 7.42. The molecule has 7 nitrogen and oxygen atoms in total. The Kier molecular flexibility index (Phi) is 6.02. The van der Waals surface area contributed by atoms with Crippen molar-refractivity contribution in [1.29, 1.82) is 0 Å². The van der Waals surface area contributed by atoms with Crippen LogP contribution in [0.1, 0.15) is 38.2 Å². The Balaban J connectivity index is 1.86. The van der Waals surface area contributed by atoms with Crippen LogP contribution in [0.5, 0.6) is 0 Å². The molecule has 4 rings (SSSR count). The molecule has 3 heterocycles. The third-order valence-electron chi connectivity index (χ3n) is 5.09. The average molecular weight is 445 g/mol. The van der Waals surface area contributed by atoms with Gasteiger partial charge in [-0.3, -0.25) is 4.90 Å². The van der Waals surface area contributed by atoms with Crippen LogP contribution in [0.25, 0.3) is 11.3 Å². The first-order chi connectivity index (χ1) is 14.3. The highest BCUT2D eigenvalue weighted by atomic mass is 35.5. The van der Waals surface area contributed by atoms with Crippen LogP contribution >= 0.6 is 23.1 Å². The molecule has 30 heavy (non-hydrogen) atoms. The van der Waals surface area contributed by atoms with E-state index in [1.807, 2.05) is 37.3 Å². The highest BCUT2D eigenvalue weighted by Gasteiger charge is 2.30. The van der Waals surface area contributed by atoms with Crippen molar-refractivity contribution in [2.24, 2.45) is 0 Å². The highest BCUT2D eigenvalue weighted by molar-refractivity contribution is 7.09. The van der Waals surface area contributed by atoms with E-state index in [1.54, 1.807) is 13.8 Å². The topological polar surface area (TPSA) is 87.1 Å². The summed E-state index contributed by atoms with van der Waals surface area (Å²) in [6, 6.07) is 9.55. The monoisotopic (exact) mass is 444 g/mol. The Labute approximate surface area is 185 Å². The lowest BCUT2D eigenvalue weighted by Crippen LogP contribution is -2.41. The molecule has 0 atom stereocenters. The zero-order valence-corrected chi connectivity index (χ0v) is 18.8. The molecule has 3 aromatic rings. The molecule has 1 fully saturated rings. The first kappa shape index (κ1) is 21.1. The summed E-state index contributed by atoms with van der Waals surface area (Å²) in [4.78, 5) is 16.4. The minimum atomic E-state index is -1.12. The van der Waals surface area contributed by atoms with Gasteiger partial charge in [0.2, 0.25) is 11.1 Å². The van der Waals surface area contributed by atoms with Gasteiger partial charge in [-0.25, -0.2) is 15.0 Å². The van der Waals surface area contributed by atoms with Gasteiger partial charge in [0.05, 0.1) is 11.4 Å². The molecule has 1 aromatic carbocycles. The number of aromatic nitrogens is 4. The van der Waals surface area contributed by atoms with E-state index in [0.717, 1.165) is 48.1 Å². The van der Waals surface area contributed by atoms with Gasteiger partial charge in [0.25, 0.3) is 0 Å². The standard InChI is InChI=1S/C21H25ClN6OS/c1-13-24-20(30-27-13)28(16-8-10-23-11-9-16)19-25-17(12-18(26-19)21(2,3)29)14-4-6-15(22)7-5-14/h4-7,12,16,23,29H,8-11H2,1-3H3. The van der Waals surface area contributed by atoms with E-state index < -0.39 is 5.60 Å². The number of anilines is 2. The summed E-state index contributed by atoms with van der Waals surface area (Å²) in [5.41, 5.74) is 1.08. The summed E-state index contributed by atoms with van der Waals surface area (Å²) in [5, 5.41) is 15.6. The molecular formula is C21H25ClN6OS. The molecule has 2 N–H and O–H groups in total. The second-order valence-corrected chi connectivity index (χ2v) is 9.15. The number of halogens is 1. The molecule has 0 bridgehead atoms. The van der Waals surface area contributed by atoms with Gasteiger partial charge in [0.15, 0.2) is 0 Å². The Hall–Kier alpha value is -2.13. The van der Waals surface area contributed by atoms with Crippen LogP contribution in [0.3, 0.4) is 0 Å². The normalized spacial score (nSPS) is 15.4. The lowest BCUT2D eigenvalue weighted by atomic mass is 10.0. The SMILES string of the molecule is Cc1nsc(N(c2nc(-c3ccc(Cl)cc3)cc(C(C)(C)O)n2)C2CCNCC2)n1. The van der Waals surface area contributed by atoms with E-state index in [1.165, 1.54) is 11.5 Å². The van der Waals surface area contributed by atoms with Crippen molar-refractivity contribution in [3.63, 3.8) is 0 Å². The molecule has 0 radical (unpaired) electrons. The van der Waals surface area contributed by atoms with Gasteiger partial charge in [-0.15, -0.1) is 0 Å². The smallest absolute Gasteiger partial charge is 0.232 e. The van der Waals surface area contributed by atoms with Crippen LogP contribution < -0.4 is 10.2 Å². The molecule has 0 amide bonds. The summed E-state index contributed by atoms with van der Waals surface area (Å²) in [6.45, 7) is 7.19. The molecule has 2 aromatic heterocycles. The van der Waals surface area contributed by atoms with Crippen molar-refractivity contribution in [1.82, 2.24) is 24.6 Å². The minimum Gasteiger partial charge on any atom is -0.384 e. The molecule has 0 aliphatic carbocycles. The van der Waals surface area contributed by atoms with Gasteiger partial charge in [0, 0.05) is 28.2 Å². The lowest BCUT2D eigenvalue weighted by molar-refractivity contribution is 0.0738. The lowest BCUT2D eigenvalue weighted by Gasteiger charge is -2.33. The molecule has 1 aliphatic heterocycles. The number of rotatable bonds is 5. The van der Waals surface area contributed by atoms with E-state index in [2.05, 4.69) is 19.6 Å². The molecule has 0 saturated carbocycles. The number of aryl methyl sites for hydroxylation is 1. The molecule has 1 saturated heterocycles. The van der Waals surface area contributed by atoms with Crippen LogP contribution in [0, 0.1) is 6.92 Å². The maximum atomic E-state index is 10.7. The van der Waals surface area contributed by atoms with Crippen LogP contribution in [0.4, 0.5) is 11.1 Å². The first-order valence-corrected chi connectivity index (χ1v) is 11.1. The first-order valence-electron chi connectivity index (χ1n) is 9.99. The summed E-state index contributed by atoms with van der Waals surface area (Å²) in [5.74, 6) is 1.26. The Morgan fingerprint density at radius 3 is 2.43 bits per heavy atom. The second kappa shape index (κ2) is 8.55. The quantitative estimate of drug-likeness (QED) is 0.613. The third kappa shape index (κ3) is 4.62. The van der Waals surface area contributed by atoms with Crippen LogP contribution in [-0.2, 0) is 5.60 Å². The minimum absolute atomic E-state index is 0.203. The fraction of sp³-hybridized carbons (Fsp3) is 0.429. The van der Waals surface area contributed by atoms with Gasteiger partial charge >= 0.3 is 0 Å². The van der Waals surface area contributed by atoms with E-state index in [0.29, 0.717) is 16.7 Å². The van der Waals surface area contributed by atoms with Crippen molar-refractivity contribution >= 4 is 34.2 Å². The molecular weight excluding hydrogens is 420 g/mol. The fourth-order valence-corrected chi connectivity index (χ4v) is 4.35. The Morgan fingerprint density at radius 1 is 1.13 bits per heavy atom. The predicted octanol–water partition coefficient (Wildman–Crippen LogP) is 4.07. The van der Waals surface area contributed by atoms with Crippen molar-refractivity contribution < 1.29 is 5.11 Å². The van der Waals surface area contributed by atoms with Crippen LogP contribution in [0.15, 0.2) is 30.3 Å². The predicted molar refractivity (Wildman–Crippen MR) is 120 cm³/mol. The number of nitrogens with zero attached hydrogens (tertiary/aromatic N) is 5. The molecule has 158 valence electrons. The van der Waals surface area contributed by atoms with E-state index >= 15 is 0 Å². The number of hydrogen-bond donors (Lipinski definition) is 2. The van der Waals surface area contributed by atoms with Crippen LogP contribution in [0.2, 0.25) is 5.02 Å². The van der Waals surface area contributed by atoms with Crippen molar-refractivity contribution in [3.8, 4) is 11.3 Å². The summed E-state index contributed by atoms with van der Waals surface area (Å²) < 4.78 is 4.37. The molecule has 1 aliphatic rings. The molecule has 0 spiro atoms. The van der Waals surface area contributed by atoms with Gasteiger partial charge in [-0.05, 0) is 64.9 Å². The van der Waals surface area contributed by atoms with Crippen LogP contribution in [-0.4, -0.2) is 43.6 Å². The third-order valence-corrected chi connectivity index (χ3v) is 6.15. The number of piperidine rings is 1. The van der Waals surface area contributed by atoms with Gasteiger partial charge < -0.3 is 10.4 Å². The van der Waals surface area contributed by atoms with Gasteiger partial charge in [-0.2, -0.15) is 4.37 Å². The number of hydrogen-bond acceptors (Lipinski definition) is 8. The zero-order valence-electron chi connectivity index (χ0n) is 17.3. The summed E-state index contributed by atoms with van der Waals surface area (Å²) in [7, 11) is 0. The largest absolute Gasteiger partial charge is 0.384 e. The van der Waals surface area contributed by atoms with E-state index in [9.17, 15) is 5.11 Å². The van der Waals surface area contributed by atoms with E-state index in [4.69, 9.17) is 21.6 Å². The zero-order chi connectivity index (χ0) is 21.3. The highest BCUT2D eigenvalue weighted by Crippen LogP contribution is 2.33.